The number of aromatic carboxylic acids is 1. The second-order valence-electron chi connectivity index (χ2n) is 13.1. The van der Waals surface area contributed by atoms with Gasteiger partial charge in [-0.15, -0.1) is 0 Å². The maximum Gasteiger partial charge on any atom is 0.335 e. The van der Waals surface area contributed by atoms with Crippen LogP contribution in [0.25, 0.3) is 0 Å². The van der Waals surface area contributed by atoms with Crippen molar-refractivity contribution in [3.8, 4) is 0 Å². The quantitative estimate of drug-likeness (QED) is 0.0713. The summed E-state index contributed by atoms with van der Waals surface area (Å²) < 4.78 is 0. The average Bonchev–Trinajstić information content (AvgIpc) is 3.02. The van der Waals surface area contributed by atoms with E-state index < -0.39 is 5.97 Å². The highest BCUT2D eigenvalue weighted by Crippen LogP contribution is 2.25. The summed E-state index contributed by atoms with van der Waals surface area (Å²) in [5, 5.41) is 15.2. The number of nitrogens with one attached hydrogen (secondary N) is 2. The number of carbonyl (C=O) groups excluding carboxylic acids is 2. The Balaban J connectivity index is 2.24. The molecule has 6 nitrogen and oxygen atoms in total. The first-order valence-corrected chi connectivity index (χ1v) is 18.9. The minimum Gasteiger partial charge on any atom is -0.478 e. The fourth-order valence-corrected chi connectivity index (χ4v) is 5.92. The van der Waals surface area contributed by atoms with E-state index in [9.17, 15) is 19.5 Å². The molecule has 0 aliphatic carbocycles. The van der Waals surface area contributed by atoms with E-state index in [1.54, 1.807) is 6.07 Å². The fraction of sp³-hybridized carbons (Fsp3) is 0.769. The highest BCUT2D eigenvalue weighted by molar-refractivity contribution is 6.01. The molecule has 1 rings (SSSR count). The van der Waals surface area contributed by atoms with Gasteiger partial charge in [-0.05, 0) is 31.0 Å². The van der Waals surface area contributed by atoms with Crippen molar-refractivity contribution in [3.05, 3.63) is 23.8 Å². The molecule has 1 aromatic carbocycles. The van der Waals surface area contributed by atoms with Gasteiger partial charge in [0.1, 0.15) is 0 Å². The van der Waals surface area contributed by atoms with E-state index in [1.807, 2.05) is 0 Å². The molecule has 0 saturated carbocycles. The molecule has 0 bridgehead atoms. The number of carboxylic acid groups (broad SMARTS) is 1. The number of hydrogen-bond acceptors (Lipinski definition) is 3. The first kappa shape index (κ1) is 40.7. The number of rotatable bonds is 31. The maximum absolute atomic E-state index is 12.7. The van der Waals surface area contributed by atoms with Crippen LogP contribution in [0.5, 0.6) is 0 Å². The van der Waals surface area contributed by atoms with Crippen LogP contribution in [0.4, 0.5) is 11.4 Å². The summed E-state index contributed by atoms with van der Waals surface area (Å²) in [6, 6.07) is 4.47. The normalized spacial score (nSPS) is 11.1. The monoisotopic (exact) mass is 629 g/mol. The topological polar surface area (TPSA) is 95.5 Å². The first-order chi connectivity index (χ1) is 22.0. The summed E-state index contributed by atoms with van der Waals surface area (Å²) in [6.45, 7) is 4.51. The van der Waals surface area contributed by atoms with Crippen molar-refractivity contribution >= 4 is 29.2 Å². The molecule has 0 heterocycles. The molecular weight excluding hydrogens is 560 g/mol. The van der Waals surface area contributed by atoms with Gasteiger partial charge in [0.2, 0.25) is 11.8 Å². The fourth-order valence-electron chi connectivity index (χ4n) is 5.92. The third-order valence-electron chi connectivity index (χ3n) is 8.83. The minimum atomic E-state index is -1.06. The first-order valence-electron chi connectivity index (χ1n) is 18.9. The molecule has 3 N–H and O–H groups in total. The molecule has 0 unspecified atom stereocenters. The van der Waals surface area contributed by atoms with Gasteiger partial charge >= 0.3 is 5.97 Å². The maximum atomic E-state index is 12.7. The van der Waals surface area contributed by atoms with Crippen LogP contribution in [0.2, 0.25) is 0 Å². The van der Waals surface area contributed by atoms with E-state index in [0.29, 0.717) is 24.2 Å². The lowest BCUT2D eigenvalue weighted by molar-refractivity contribution is -0.117. The van der Waals surface area contributed by atoms with E-state index in [1.165, 1.54) is 141 Å². The van der Waals surface area contributed by atoms with Gasteiger partial charge < -0.3 is 15.7 Å². The van der Waals surface area contributed by atoms with Gasteiger partial charge in [-0.3, -0.25) is 9.59 Å². The van der Waals surface area contributed by atoms with E-state index in [4.69, 9.17) is 0 Å². The molecule has 0 atom stereocenters. The number of anilines is 2. The second kappa shape index (κ2) is 29.1. The molecule has 0 aliphatic heterocycles. The van der Waals surface area contributed by atoms with E-state index in [0.717, 1.165) is 38.5 Å². The predicted octanol–water partition coefficient (Wildman–Crippen LogP) is 12.2. The molecule has 45 heavy (non-hydrogen) atoms. The Kier molecular flexibility index (Phi) is 26.3. The van der Waals surface area contributed by atoms with E-state index in [2.05, 4.69) is 24.5 Å². The molecule has 2 amide bonds. The van der Waals surface area contributed by atoms with Crippen LogP contribution in [0, 0.1) is 0 Å². The molecular formula is C39H68N2O4. The molecule has 1 aromatic rings. The summed E-state index contributed by atoms with van der Waals surface area (Å²) in [7, 11) is 0. The number of benzene rings is 1. The lowest BCUT2D eigenvalue weighted by atomic mass is 10.0. The van der Waals surface area contributed by atoms with E-state index >= 15 is 0 Å². The molecule has 0 spiro atoms. The van der Waals surface area contributed by atoms with Crippen LogP contribution < -0.4 is 10.6 Å². The zero-order valence-electron chi connectivity index (χ0n) is 29.2. The van der Waals surface area contributed by atoms with Crippen molar-refractivity contribution in [3.63, 3.8) is 0 Å². The van der Waals surface area contributed by atoms with Crippen LogP contribution in [-0.4, -0.2) is 22.9 Å². The Labute approximate surface area is 276 Å². The second-order valence-corrected chi connectivity index (χ2v) is 13.1. The Morgan fingerprint density at radius 3 is 1.11 bits per heavy atom. The van der Waals surface area contributed by atoms with Crippen molar-refractivity contribution in [2.24, 2.45) is 0 Å². The molecule has 0 aliphatic rings. The molecule has 0 radical (unpaired) electrons. The molecule has 0 saturated heterocycles. The average molecular weight is 629 g/mol. The zero-order chi connectivity index (χ0) is 32.8. The van der Waals surface area contributed by atoms with Gasteiger partial charge in [-0.25, -0.2) is 4.79 Å². The number of carbonyl (C=O) groups is 3. The summed E-state index contributed by atoms with van der Waals surface area (Å²) in [6.07, 6.45) is 33.4. The van der Waals surface area contributed by atoms with Crippen molar-refractivity contribution in [2.45, 2.75) is 194 Å². The summed E-state index contributed by atoms with van der Waals surface area (Å²) >= 11 is 0. The van der Waals surface area contributed by atoms with Crippen LogP contribution in [-0.2, 0) is 9.59 Å². The van der Waals surface area contributed by atoms with Gasteiger partial charge in [-0.1, -0.05) is 168 Å². The highest BCUT2D eigenvalue weighted by atomic mass is 16.4. The molecule has 258 valence electrons. The lowest BCUT2D eigenvalue weighted by Crippen LogP contribution is -2.17. The van der Waals surface area contributed by atoms with Gasteiger partial charge in [0.05, 0.1) is 16.9 Å². The lowest BCUT2D eigenvalue weighted by Gasteiger charge is -2.13. The molecule has 0 aromatic heterocycles. The smallest absolute Gasteiger partial charge is 0.335 e. The number of hydrogen-bond donors (Lipinski definition) is 3. The summed E-state index contributed by atoms with van der Waals surface area (Å²) in [5.74, 6) is -1.31. The highest BCUT2D eigenvalue weighted by Gasteiger charge is 2.13. The van der Waals surface area contributed by atoms with Crippen LogP contribution in [0.15, 0.2) is 18.2 Å². The van der Waals surface area contributed by atoms with Crippen LogP contribution in [0.1, 0.15) is 204 Å². The Morgan fingerprint density at radius 1 is 0.467 bits per heavy atom. The van der Waals surface area contributed by atoms with Crippen molar-refractivity contribution < 1.29 is 19.5 Å². The summed E-state index contributed by atoms with van der Waals surface area (Å²) in [4.78, 5) is 36.8. The van der Waals surface area contributed by atoms with E-state index in [-0.39, 0.29) is 17.4 Å². The van der Waals surface area contributed by atoms with Gasteiger partial charge in [0.25, 0.3) is 0 Å². The van der Waals surface area contributed by atoms with Crippen molar-refractivity contribution in [1.82, 2.24) is 0 Å². The molecule has 0 fully saturated rings. The van der Waals surface area contributed by atoms with Crippen LogP contribution >= 0.6 is 0 Å². The summed E-state index contributed by atoms with van der Waals surface area (Å²) in [5.41, 5.74) is 0.896. The standard InChI is InChI=1S/C39H68N2O4/c1-3-5-7-9-11-13-15-17-19-21-23-25-27-29-37(42)40-35-32-31-34(39(44)45)33-36(35)41-38(43)30-28-26-24-22-20-18-16-14-12-10-8-6-4-2/h31-33H,3-30H2,1-2H3,(H,40,42)(H,41,43)(H,44,45). The molecule has 6 heteroatoms. The Morgan fingerprint density at radius 2 is 0.778 bits per heavy atom. The minimum absolute atomic E-state index is 0.0840. The van der Waals surface area contributed by atoms with Crippen molar-refractivity contribution in [1.29, 1.82) is 0 Å². The van der Waals surface area contributed by atoms with Gasteiger partial charge in [0.15, 0.2) is 0 Å². The Bertz CT molecular complexity index is 901. The third kappa shape index (κ3) is 23.6. The van der Waals surface area contributed by atoms with Crippen LogP contribution in [0.3, 0.4) is 0 Å². The van der Waals surface area contributed by atoms with Gasteiger partial charge in [-0.2, -0.15) is 0 Å². The zero-order valence-corrected chi connectivity index (χ0v) is 29.2. The number of carboxylic acids is 1. The number of unbranched alkanes of at least 4 members (excludes halogenated alkanes) is 24. The SMILES string of the molecule is CCCCCCCCCCCCCCCC(=O)Nc1ccc(C(=O)O)cc1NC(=O)CCCCCCCCCCCCCCC. The largest absolute Gasteiger partial charge is 0.478 e. The Hall–Kier alpha value is -2.37. The predicted molar refractivity (Wildman–Crippen MR) is 191 cm³/mol. The number of amides is 2. The van der Waals surface area contributed by atoms with Crippen molar-refractivity contribution in [2.75, 3.05) is 10.6 Å². The third-order valence-corrected chi connectivity index (χ3v) is 8.83. The van der Waals surface area contributed by atoms with Gasteiger partial charge in [0, 0.05) is 12.8 Å².